The molecule has 0 aliphatic heterocycles. The molecule has 0 amide bonds. The van der Waals surface area contributed by atoms with Crippen molar-refractivity contribution in [1.82, 2.24) is 19.5 Å². The summed E-state index contributed by atoms with van der Waals surface area (Å²) in [6.07, 6.45) is 3.19. The van der Waals surface area contributed by atoms with Crippen LogP contribution in [0.4, 0.5) is 0 Å². The summed E-state index contributed by atoms with van der Waals surface area (Å²) in [5, 5.41) is 0. The fraction of sp³-hybridized carbons (Fsp3) is 0.125. The van der Waals surface area contributed by atoms with E-state index in [9.17, 15) is 9.59 Å². The number of rotatable bonds is 2. The lowest BCUT2D eigenvalue weighted by atomic mass is 10.5. The molecule has 15 heavy (non-hydrogen) atoms. The van der Waals surface area contributed by atoms with Crippen LogP contribution in [0.15, 0.2) is 26.1 Å². The minimum Gasteiger partial charge on any atom is -0.339 e. The molecule has 0 aromatic carbocycles. The minimum absolute atomic E-state index is 0.316. The van der Waals surface area contributed by atoms with Gasteiger partial charge in [0.15, 0.2) is 5.65 Å². The second kappa shape index (κ2) is 4.01. The maximum atomic E-state index is 11.5. The lowest BCUT2D eigenvalue weighted by Crippen LogP contribution is -2.30. The van der Waals surface area contributed by atoms with Gasteiger partial charge in [-0.2, -0.15) is 0 Å². The molecule has 2 heterocycles. The van der Waals surface area contributed by atoms with Crippen LogP contribution in [0.25, 0.3) is 11.2 Å². The summed E-state index contributed by atoms with van der Waals surface area (Å²) in [4.78, 5) is 31.7. The fourth-order valence-corrected chi connectivity index (χ4v) is 1.52. The molecular weight excluding hydrogens is 311 g/mol. The van der Waals surface area contributed by atoms with Crippen molar-refractivity contribution in [2.75, 3.05) is 0 Å². The lowest BCUT2D eigenvalue weighted by molar-refractivity contribution is 0.766. The highest BCUT2D eigenvalue weighted by Gasteiger charge is 2.07. The van der Waals surface area contributed by atoms with E-state index in [1.807, 2.05) is 0 Å². The summed E-state index contributed by atoms with van der Waals surface area (Å²) in [5.41, 5.74) is -0.203. The molecule has 0 aliphatic rings. The third kappa shape index (κ3) is 1.74. The summed E-state index contributed by atoms with van der Waals surface area (Å²) in [5.74, 6) is 0. The topological polar surface area (TPSA) is 83.5 Å². The van der Waals surface area contributed by atoms with Crippen LogP contribution >= 0.6 is 22.6 Å². The van der Waals surface area contributed by atoms with Gasteiger partial charge >= 0.3 is 5.69 Å². The molecule has 6 nitrogen and oxygen atoms in total. The van der Waals surface area contributed by atoms with E-state index in [0.29, 0.717) is 17.7 Å². The van der Waals surface area contributed by atoms with E-state index in [0.717, 1.165) is 0 Å². The van der Waals surface area contributed by atoms with E-state index < -0.39 is 11.2 Å². The number of aromatic amines is 2. The Labute approximate surface area is 97.2 Å². The van der Waals surface area contributed by atoms with Crippen LogP contribution in [-0.4, -0.2) is 19.5 Å². The summed E-state index contributed by atoms with van der Waals surface area (Å²) in [7, 11) is 0. The lowest BCUT2D eigenvalue weighted by Gasteiger charge is -2.00. The molecule has 2 rings (SSSR count). The van der Waals surface area contributed by atoms with Crippen molar-refractivity contribution >= 4 is 33.8 Å². The molecule has 0 saturated heterocycles. The molecule has 0 saturated carbocycles. The number of hydrogen-bond acceptors (Lipinski definition) is 3. The zero-order valence-electron chi connectivity index (χ0n) is 7.53. The van der Waals surface area contributed by atoms with Crippen molar-refractivity contribution in [2.45, 2.75) is 6.54 Å². The monoisotopic (exact) mass is 318 g/mol. The molecule has 0 atom stereocenters. The van der Waals surface area contributed by atoms with Gasteiger partial charge in [-0.15, -0.1) is 0 Å². The summed E-state index contributed by atoms with van der Waals surface area (Å²) < 4.78 is 3.19. The molecule has 78 valence electrons. The van der Waals surface area contributed by atoms with Crippen molar-refractivity contribution in [3.63, 3.8) is 0 Å². The fourth-order valence-electron chi connectivity index (χ4n) is 1.30. The maximum Gasteiger partial charge on any atom is 0.330 e. The molecular formula is C8H7IN4O2. The summed E-state index contributed by atoms with van der Waals surface area (Å²) in [6, 6.07) is 0. The molecule has 0 aliphatic carbocycles. The molecule has 7 heteroatoms. The second-order valence-corrected chi connectivity index (χ2v) is 3.55. The van der Waals surface area contributed by atoms with Crippen LogP contribution in [0.1, 0.15) is 0 Å². The Kier molecular flexibility index (Phi) is 2.71. The maximum absolute atomic E-state index is 11.5. The molecule has 0 spiro atoms. The van der Waals surface area contributed by atoms with Gasteiger partial charge in [0.2, 0.25) is 0 Å². The van der Waals surface area contributed by atoms with Gasteiger partial charge in [0.1, 0.15) is 5.52 Å². The minimum atomic E-state index is -0.450. The Hall–Kier alpha value is -1.38. The predicted molar refractivity (Wildman–Crippen MR) is 64.1 cm³/mol. The standard InChI is InChI=1S/C8H7IN4O2/c9-2-1-3-13-6-5(10-4-11-6)7(14)12-8(13)15/h1-2,4H,3H2,(H,10,11)(H,12,14,15). The summed E-state index contributed by atoms with van der Waals surface area (Å²) >= 11 is 2.06. The average Bonchev–Trinajstić information content (AvgIpc) is 2.66. The molecule has 2 aromatic rings. The SMILES string of the molecule is O=c1[nH]c(=O)n(CC=CI)c2nc[nH]c12. The zero-order valence-corrected chi connectivity index (χ0v) is 9.69. The summed E-state index contributed by atoms with van der Waals surface area (Å²) in [6.45, 7) is 0.389. The number of fused-ring (bicyclic) bond motifs is 1. The van der Waals surface area contributed by atoms with E-state index in [2.05, 4.69) is 37.5 Å². The van der Waals surface area contributed by atoms with Gasteiger partial charge in [-0.1, -0.05) is 28.7 Å². The molecule has 2 aromatic heterocycles. The van der Waals surface area contributed by atoms with Crippen LogP contribution in [0, 0.1) is 0 Å². The van der Waals surface area contributed by atoms with Crippen LogP contribution in [0.5, 0.6) is 0 Å². The van der Waals surface area contributed by atoms with Gasteiger partial charge in [0.25, 0.3) is 5.56 Å². The number of nitrogens with zero attached hydrogens (tertiary/aromatic N) is 2. The van der Waals surface area contributed by atoms with Crippen LogP contribution < -0.4 is 11.2 Å². The number of hydrogen-bond donors (Lipinski definition) is 2. The van der Waals surface area contributed by atoms with Gasteiger partial charge in [-0.05, 0) is 4.08 Å². The Morgan fingerprint density at radius 3 is 3.07 bits per heavy atom. The quantitative estimate of drug-likeness (QED) is 0.785. The van der Waals surface area contributed by atoms with Crippen LogP contribution in [0.3, 0.4) is 0 Å². The number of aromatic nitrogens is 4. The first kappa shape index (κ1) is 10.1. The molecule has 2 N–H and O–H groups in total. The smallest absolute Gasteiger partial charge is 0.330 e. The van der Waals surface area contributed by atoms with Crippen molar-refractivity contribution in [3.05, 3.63) is 37.3 Å². The molecule has 0 bridgehead atoms. The number of H-pyrrole nitrogens is 2. The Morgan fingerprint density at radius 1 is 1.53 bits per heavy atom. The van der Waals surface area contributed by atoms with E-state index in [4.69, 9.17) is 0 Å². The highest BCUT2D eigenvalue weighted by molar-refractivity contribution is 14.1. The van der Waals surface area contributed by atoms with Crippen LogP contribution in [0.2, 0.25) is 0 Å². The van der Waals surface area contributed by atoms with E-state index >= 15 is 0 Å². The number of imidazole rings is 1. The Balaban J connectivity index is 2.77. The number of nitrogens with one attached hydrogen (secondary N) is 2. The normalized spacial score (nSPS) is 11.5. The van der Waals surface area contributed by atoms with Gasteiger partial charge < -0.3 is 4.98 Å². The first-order valence-corrected chi connectivity index (χ1v) is 5.40. The van der Waals surface area contributed by atoms with Gasteiger partial charge in [-0.25, -0.2) is 9.78 Å². The third-order valence-electron chi connectivity index (χ3n) is 1.94. The van der Waals surface area contributed by atoms with E-state index in [1.165, 1.54) is 10.9 Å². The van der Waals surface area contributed by atoms with E-state index in [-0.39, 0.29) is 0 Å². The molecule has 0 radical (unpaired) electrons. The van der Waals surface area contributed by atoms with Gasteiger partial charge in [-0.3, -0.25) is 14.3 Å². The predicted octanol–water partition coefficient (Wildman–Crippen LogP) is 0.362. The van der Waals surface area contributed by atoms with Crippen molar-refractivity contribution in [1.29, 1.82) is 0 Å². The van der Waals surface area contributed by atoms with Gasteiger partial charge in [0.05, 0.1) is 6.33 Å². The van der Waals surface area contributed by atoms with Crippen LogP contribution in [-0.2, 0) is 6.54 Å². The highest BCUT2D eigenvalue weighted by Crippen LogP contribution is 2.00. The van der Waals surface area contributed by atoms with Crippen molar-refractivity contribution in [2.24, 2.45) is 0 Å². The number of halogens is 1. The van der Waals surface area contributed by atoms with Crippen molar-refractivity contribution < 1.29 is 0 Å². The van der Waals surface area contributed by atoms with Crippen molar-refractivity contribution in [3.8, 4) is 0 Å². The average molecular weight is 318 g/mol. The second-order valence-electron chi connectivity index (χ2n) is 2.83. The van der Waals surface area contributed by atoms with E-state index in [1.54, 1.807) is 10.2 Å². The molecule has 0 fully saturated rings. The molecule has 0 unspecified atom stereocenters. The highest BCUT2D eigenvalue weighted by atomic mass is 127. The Morgan fingerprint density at radius 2 is 2.33 bits per heavy atom. The Bertz CT molecular complexity index is 621. The largest absolute Gasteiger partial charge is 0.339 e. The zero-order chi connectivity index (χ0) is 10.8. The third-order valence-corrected chi connectivity index (χ3v) is 2.45. The van der Waals surface area contributed by atoms with Gasteiger partial charge in [0, 0.05) is 6.54 Å². The first-order chi connectivity index (χ1) is 7.24. The first-order valence-electron chi connectivity index (χ1n) is 4.15. The number of allylic oxidation sites excluding steroid dienone is 1.